The van der Waals surface area contributed by atoms with E-state index in [0.29, 0.717) is 26.2 Å². The van der Waals surface area contributed by atoms with Crippen molar-refractivity contribution < 1.29 is 17.9 Å². The fourth-order valence-corrected chi connectivity index (χ4v) is 2.42. The van der Waals surface area contributed by atoms with Crippen LogP contribution in [0.2, 0.25) is 0 Å². The van der Waals surface area contributed by atoms with E-state index in [1.807, 2.05) is 0 Å². The number of hydrogen-bond donors (Lipinski definition) is 1. The number of ether oxygens (including phenoxy) is 1. The van der Waals surface area contributed by atoms with Gasteiger partial charge < -0.3 is 15.0 Å². The summed E-state index contributed by atoms with van der Waals surface area (Å²) in [6.07, 6.45) is 2.65. The second-order valence-corrected chi connectivity index (χ2v) is 6.80. The van der Waals surface area contributed by atoms with Crippen molar-refractivity contribution in [1.29, 1.82) is 0 Å². The van der Waals surface area contributed by atoms with E-state index in [9.17, 15) is 13.2 Å². The van der Waals surface area contributed by atoms with Crippen LogP contribution in [0.4, 0.5) is 4.79 Å². The minimum Gasteiger partial charge on any atom is -0.450 e. The summed E-state index contributed by atoms with van der Waals surface area (Å²) in [7, 11) is -2.90. The van der Waals surface area contributed by atoms with E-state index in [0.717, 1.165) is 12.8 Å². The molecule has 0 aromatic rings. The number of nitrogens with one attached hydrogen (secondary N) is 1. The first-order chi connectivity index (χ1) is 8.42. The molecule has 0 aromatic heterocycles. The second kappa shape index (κ2) is 6.94. The number of likely N-dealkylation sites (tertiary alicyclic amines) is 1. The largest absolute Gasteiger partial charge is 0.450 e. The minimum atomic E-state index is -2.90. The summed E-state index contributed by atoms with van der Waals surface area (Å²) in [5.41, 5.74) is 0. The van der Waals surface area contributed by atoms with Crippen LogP contribution in [0.25, 0.3) is 0 Å². The van der Waals surface area contributed by atoms with Crippen LogP contribution in [0.3, 0.4) is 0 Å². The molecule has 18 heavy (non-hydrogen) atoms. The van der Waals surface area contributed by atoms with Gasteiger partial charge in [0, 0.05) is 31.9 Å². The molecule has 0 aromatic carbocycles. The Labute approximate surface area is 109 Å². The Morgan fingerprint density at radius 2 is 2.00 bits per heavy atom. The van der Waals surface area contributed by atoms with E-state index in [2.05, 4.69) is 5.32 Å². The molecule has 0 aliphatic carbocycles. The zero-order valence-electron chi connectivity index (χ0n) is 11.0. The smallest absolute Gasteiger partial charge is 0.409 e. The van der Waals surface area contributed by atoms with Crippen LogP contribution < -0.4 is 5.32 Å². The lowest BCUT2D eigenvalue weighted by Gasteiger charge is -2.31. The molecule has 1 saturated heterocycles. The first kappa shape index (κ1) is 15.2. The van der Waals surface area contributed by atoms with Crippen LogP contribution in [0, 0.1) is 0 Å². The standard InChI is InChI=1S/C11H22N2O4S/c1-3-17-11(14)13-7-4-10(5-8-13)12-6-9-18(2,15)16/h10,12H,3-9H2,1-2H3. The molecule has 0 saturated carbocycles. The normalized spacial score (nSPS) is 17.8. The highest BCUT2D eigenvalue weighted by atomic mass is 32.2. The van der Waals surface area contributed by atoms with Gasteiger partial charge in [-0.15, -0.1) is 0 Å². The Morgan fingerprint density at radius 3 is 2.50 bits per heavy atom. The van der Waals surface area contributed by atoms with Crippen molar-refractivity contribution in [3.63, 3.8) is 0 Å². The molecule has 7 heteroatoms. The third-order valence-electron chi connectivity index (χ3n) is 2.93. The van der Waals surface area contributed by atoms with Crippen molar-refractivity contribution in [2.75, 3.05) is 38.2 Å². The van der Waals surface area contributed by atoms with E-state index in [1.165, 1.54) is 6.26 Å². The number of sulfone groups is 1. The molecule has 1 N–H and O–H groups in total. The number of rotatable bonds is 5. The highest BCUT2D eigenvalue weighted by Gasteiger charge is 2.23. The van der Waals surface area contributed by atoms with Gasteiger partial charge in [-0.2, -0.15) is 0 Å². The van der Waals surface area contributed by atoms with Gasteiger partial charge in [0.05, 0.1) is 12.4 Å². The van der Waals surface area contributed by atoms with Crippen molar-refractivity contribution in [3.05, 3.63) is 0 Å². The average molecular weight is 278 g/mol. The summed E-state index contributed by atoms with van der Waals surface area (Å²) < 4.78 is 26.9. The summed E-state index contributed by atoms with van der Waals surface area (Å²) in [6.45, 7) is 3.98. The second-order valence-electron chi connectivity index (χ2n) is 4.54. The predicted octanol–water partition coefficient (Wildman–Crippen LogP) is 0.242. The quantitative estimate of drug-likeness (QED) is 0.780. The number of amides is 1. The van der Waals surface area contributed by atoms with Crippen LogP contribution in [-0.2, 0) is 14.6 Å². The topological polar surface area (TPSA) is 75.7 Å². The molecule has 1 fully saturated rings. The van der Waals surface area contributed by atoms with Crippen molar-refractivity contribution in [2.24, 2.45) is 0 Å². The fraction of sp³-hybridized carbons (Fsp3) is 0.909. The zero-order valence-corrected chi connectivity index (χ0v) is 11.8. The Hall–Kier alpha value is -0.820. The first-order valence-electron chi connectivity index (χ1n) is 6.25. The molecule has 0 unspecified atom stereocenters. The number of hydrogen-bond acceptors (Lipinski definition) is 5. The van der Waals surface area contributed by atoms with E-state index in [1.54, 1.807) is 11.8 Å². The van der Waals surface area contributed by atoms with Crippen LogP contribution in [-0.4, -0.2) is 63.7 Å². The Morgan fingerprint density at radius 1 is 1.39 bits per heavy atom. The molecule has 1 amide bonds. The minimum absolute atomic E-state index is 0.158. The van der Waals surface area contributed by atoms with Gasteiger partial charge in [0.25, 0.3) is 0 Å². The van der Waals surface area contributed by atoms with Crippen molar-refractivity contribution >= 4 is 15.9 Å². The molecular weight excluding hydrogens is 256 g/mol. The van der Waals surface area contributed by atoms with Crippen molar-refractivity contribution in [1.82, 2.24) is 10.2 Å². The first-order valence-corrected chi connectivity index (χ1v) is 8.31. The van der Waals surface area contributed by atoms with Crippen molar-refractivity contribution in [2.45, 2.75) is 25.8 Å². The SMILES string of the molecule is CCOC(=O)N1CCC(NCCS(C)(=O)=O)CC1. The Bertz CT molecular complexity index is 361. The maximum absolute atomic E-state index is 11.5. The molecule has 1 heterocycles. The maximum Gasteiger partial charge on any atom is 0.409 e. The number of carbonyl (C=O) groups excluding carboxylic acids is 1. The van der Waals surface area contributed by atoms with Gasteiger partial charge in [0.2, 0.25) is 0 Å². The summed E-state index contributed by atoms with van der Waals surface area (Å²) in [6, 6.07) is 0.289. The Balaban J connectivity index is 2.21. The third-order valence-corrected chi connectivity index (χ3v) is 3.87. The molecule has 0 atom stereocenters. The van der Waals surface area contributed by atoms with Crippen LogP contribution in [0.5, 0.6) is 0 Å². The zero-order chi connectivity index (χ0) is 13.6. The van der Waals surface area contributed by atoms with E-state index in [4.69, 9.17) is 4.74 Å². The molecule has 1 rings (SSSR count). The summed E-state index contributed by atoms with van der Waals surface area (Å²) in [5.74, 6) is 0.158. The number of piperidine rings is 1. The van der Waals surface area contributed by atoms with E-state index >= 15 is 0 Å². The van der Waals surface area contributed by atoms with Gasteiger partial charge in [-0.3, -0.25) is 0 Å². The molecular formula is C11H22N2O4S. The van der Waals surface area contributed by atoms with Gasteiger partial charge >= 0.3 is 6.09 Å². The molecule has 0 spiro atoms. The van der Waals surface area contributed by atoms with Gasteiger partial charge in [0.1, 0.15) is 9.84 Å². The summed E-state index contributed by atoms with van der Waals surface area (Å²) in [4.78, 5) is 13.1. The fourth-order valence-electron chi connectivity index (χ4n) is 1.93. The monoisotopic (exact) mass is 278 g/mol. The molecule has 6 nitrogen and oxygen atoms in total. The average Bonchev–Trinajstić information content (AvgIpc) is 2.28. The lowest BCUT2D eigenvalue weighted by molar-refractivity contribution is 0.0953. The highest BCUT2D eigenvalue weighted by Crippen LogP contribution is 2.11. The van der Waals surface area contributed by atoms with Gasteiger partial charge in [-0.1, -0.05) is 0 Å². The number of carbonyl (C=O) groups is 1. The lowest BCUT2D eigenvalue weighted by atomic mass is 10.1. The number of nitrogens with zero attached hydrogens (tertiary/aromatic N) is 1. The molecule has 0 bridgehead atoms. The Kier molecular flexibility index (Phi) is 5.87. The highest BCUT2D eigenvalue weighted by molar-refractivity contribution is 7.90. The van der Waals surface area contributed by atoms with Crippen LogP contribution >= 0.6 is 0 Å². The molecule has 106 valence electrons. The van der Waals surface area contributed by atoms with Crippen LogP contribution in [0.15, 0.2) is 0 Å². The van der Waals surface area contributed by atoms with E-state index < -0.39 is 9.84 Å². The summed E-state index contributed by atoms with van der Waals surface area (Å²) >= 11 is 0. The van der Waals surface area contributed by atoms with Gasteiger partial charge in [-0.25, -0.2) is 13.2 Å². The van der Waals surface area contributed by atoms with Crippen molar-refractivity contribution in [3.8, 4) is 0 Å². The lowest BCUT2D eigenvalue weighted by Crippen LogP contribution is -2.45. The maximum atomic E-state index is 11.5. The van der Waals surface area contributed by atoms with Gasteiger partial charge in [0.15, 0.2) is 0 Å². The summed E-state index contributed by atoms with van der Waals surface area (Å²) in [5, 5.41) is 3.21. The van der Waals surface area contributed by atoms with E-state index in [-0.39, 0.29) is 17.9 Å². The van der Waals surface area contributed by atoms with Crippen LogP contribution in [0.1, 0.15) is 19.8 Å². The van der Waals surface area contributed by atoms with Gasteiger partial charge in [-0.05, 0) is 19.8 Å². The molecule has 1 aliphatic rings. The predicted molar refractivity (Wildman–Crippen MR) is 69.3 cm³/mol. The molecule has 0 radical (unpaired) electrons. The molecule has 1 aliphatic heterocycles. The third kappa shape index (κ3) is 5.68.